The summed E-state index contributed by atoms with van der Waals surface area (Å²) in [4.78, 5) is 23.7. The predicted molar refractivity (Wildman–Crippen MR) is 167 cm³/mol. The van der Waals surface area contributed by atoms with E-state index in [1.807, 2.05) is 36.1 Å². The van der Waals surface area contributed by atoms with Gasteiger partial charge >= 0.3 is 6.36 Å². The molecule has 14 heteroatoms. The number of alkyl halides is 3. The number of likely N-dealkylation sites (tertiary alicyclic amines) is 1. The fraction of sp³-hybridized carbons (Fsp3) is 0.484. The maximum Gasteiger partial charge on any atom is 0.573 e. The number of amides is 1. The van der Waals surface area contributed by atoms with E-state index in [1.54, 1.807) is 11.3 Å². The number of hydrogen-bond donors (Lipinski definition) is 1. The number of carbonyl (C=O) groups excluding carboxylic acids is 1. The Morgan fingerprint density at radius 3 is 2.33 bits per heavy atom. The molecule has 5 rings (SSSR count). The molecule has 2 aromatic carbocycles. The van der Waals surface area contributed by atoms with E-state index < -0.39 is 34.1 Å². The summed E-state index contributed by atoms with van der Waals surface area (Å²) < 4.78 is 70.6. The average Bonchev–Trinajstić information content (AvgIpc) is 3.65. The number of carbonyl (C=O) groups is 1. The van der Waals surface area contributed by atoms with Crippen LogP contribution in [0.15, 0.2) is 53.4 Å². The third kappa shape index (κ3) is 8.34. The molecule has 2 saturated heterocycles. The SMILES string of the molecule is CCCc1ccc(CNC(=O)[C@H]2CN(c3nc(C)c(CN4CCCC4)s3)CCN2S(=O)(=O)c2ccc(OC(F)(F)F)cc2)cc1. The average molecular weight is 666 g/mol. The molecular formula is C31H38F3N5O4S2. The minimum Gasteiger partial charge on any atom is -0.406 e. The van der Waals surface area contributed by atoms with E-state index in [4.69, 9.17) is 4.98 Å². The van der Waals surface area contributed by atoms with Crippen molar-refractivity contribution in [3.05, 3.63) is 70.2 Å². The van der Waals surface area contributed by atoms with Gasteiger partial charge in [0.2, 0.25) is 15.9 Å². The third-order valence-electron chi connectivity index (χ3n) is 8.04. The number of nitrogens with zero attached hydrogens (tertiary/aromatic N) is 4. The Bertz CT molecular complexity index is 1560. The summed E-state index contributed by atoms with van der Waals surface area (Å²) in [5, 5.41) is 3.64. The number of hydrogen-bond acceptors (Lipinski definition) is 8. The van der Waals surface area contributed by atoms with Crippen molar-refractivity contribution in [3.8, 4) is 5.75 Å². The first kappa shape index (κ1) is 33.2. The van der Waals surface area contributed by atoms with Crippen molar-refractivity contribution in [2.75, 3.05) is 37.6 Å². The van der Waals surface area contributed by atoms with Crippen LogP contribution < -0.4 is 15.0 Å². The zero-order valence-corrected chi connectivity index (χ0v) is 27.0. The van der Waals surface area contributed by atoms with Crippen molar-refractivity contribution in [1.82, 2.24) is 19.5 Å². The molecule has 45 heavy (non-hydrogen) atoms. The van der Waals surface area contributed by atoms with Gasteiger partial charge in [0.1, 0.15) is 11.8 Å². The summed E-state index contributed by atoms with van der Waals surface area (Å²) in [5.74, 6) is -1.00. The Balaban J connectivity index is 1.36. The maximum atomic E-state index is 13.8. The third-order valence-corrected chi connectivity index (χ3v) is 11.2. The minimum atomic E-state index is -4.90. The first-order chi connectivity index (χ1) is 21.4. The van der Waals surface area contributed by atoms with Crippen LogP contribution in [0.1, 0.15) is 47.9 Å². The molecule has 0 radical (unpaired) electrons. The molecule has 9 nitrogen and oxygen atoms in total. The van der Waals surface area contributed by atoms with E-state index in [2.05, 4.69) is 21.9 Å². The fourth-order valence-electron chi connectivity index (χ4n) is 5.65. The van der Waals surface area contributed by atoms with Crippen molar-refractivity contribution >= 4 is 32.4 Å². The highest BCUT2D eigenvalue weighted by atomic mass is 32.2. The lowest BCUT2D eigenvalue weighted by Gasteiger charge is -2.39. The molecule has 1 atom stereocenters. The van der Waals surface area contributed by atoms with Gasteiger partial charge in [-0.05, 0) is 74.7 Å². The molecular weight excluding hydrogens is 628 g/mol. The molecule has 3 aromatic rings. The van der Waals surface area contributed by atoms with Gasteiger partial charge in [-0.15, -0.1) is 24.5 Å². The van der Waals surface area contributed by atoms with Crippen molar-refractivity contribution in [3.63, 3.8) is 0 Å². The molecule has 1 amide bonds. The van der Waals surface area contributed by atoms with Crippen LogP contribution in [-0.2, 0) is 34.3 Å². The number of benzene rings is 2. The lowest BCUT2D eigenvalue weighted by atomic mass is 10.1. The molecule has 0 saturated carbocycles. The molecule has 0 unspecified atom stereocenters. The van der Waals surface area contributed by atoms with Gasteiger partial charge in [-0.2, -0.15) is 4.31 Å². The summed E-state index contributed by atoms with van der Waals surface area (Å²) in [6, 6.07) is 10.8. The van der Waals surface area contributed by atoms with Crippen LogP contribution in [-0.4, -0.2) is 73.6 Å². The first-order valence-corrected chi connectivity index (χ1v) is 17.4. The van der Waals surface area contributed by atoms with Gasteiger partial charge in [-0.3, -0.25) is 9.69 Å². The lowest BCUT2D eigenvalue weighted by molar-refractivity contribution is -0.274. The van der Waals surface area contributed by atoms with Gasteiger partial charge < -0.3 is 15.0 Å². The molecule has 0 spiro atoms. The quantitative estimate of drug-likeness (QED) is 0.305. The van der Waals surface area contributed by atoms with Crippen LogP contribution in [0.25, 0.3) is 0 Å². The molecule has 1 N–H and O–H groups in total. The number of aromatic nitrogens is 1. The van der Waals surface area contributed by atoms with E-state index in [0.717, 1.165) is 82.3 Å². The normalized spacial score (nSPS) is 18.3. The Labute approximate surface area is 266 Å². The van der Waals surface area contributed by atoms with Crippen LogP contribution in [0, 0.1) is 6.92 Å². The maximum absolute atomic E-state index is 13.8. The predicted octanol–water partition coefficient (Wildman–Crippen LogP) is 5.09. The number of ether oxygens (including phenoxy) is 1. The summed E-state index contributed by atoms with van der Waals surface area (Å²) in [6.07, 6.45) is -0.567. The van der Waals surface area contributed by atoms with Crippen LogP contribution in [0.4, 0.5) is 18.3 Å². The summed E-state index contributed by atoms with van der Waals surface area (Å²) in [6.45, 7) is 7.57. The second kappa shape index (κ2) is 14.1. The Morgan fingerprint density at radius 1 is 1.02 bits per heavy atom. The van der Waals surface area contributed by atoms with E-state index in [9.17, 15) is 26.4 Å². The molecule has 2 aliphatic heterocycles. The summed E-state index contributed by atoms with van der Waals surface area (Å²) in [7, 11) is -4.25. The largest absolute Gasteiger partial charge is 0.573 e. The van der Waals surface area contributed by atoms with Crippen LogP contribution >= 0.6 is 11.3 Å². The standard InChI is InChI=1S/C31H38F3N5O4S2/c1-3-6-23-7-9-24(10-8-23)19-35-29(40)27-20-38(30-36-22(2)28(44-30)21-37-15-4-5-16-37)17-18-39(27)45(41,42)26-13-11-25(12-14-26)43-31(32,33)34/h7-14,27H,3-6,15-21H2,1-2H3,(H,35,40)/t27-/m1/s1. The Hall–Kier alpha value is -3.20. The molecule has 244 valence electrons. The monoisotopic (exact) mass is 665 g/mol. The number of sulfonamides is 1. The minimum absolute atomic E-state index is 0.00692. The van der Waals surface area contributed by atoms with E-state index in [1.165, 1.54) is 18.4 Å². The van der Waals surface area contributed by atoms with Gasteiger partial charge in [0, 0.05) is 37.6 Å². The van der Waals surface area contributed by atoms with Crippen molar-refractivity contribution < 1.29 is 31.1 Å². The number of anilines is 1. The molecule has 1 aromatic heterocycles. The summed E-state index contributed by atoms with van der Waals surface area (Å²) >= 11 is 1.56. The molecule has 2 fully saturated rings. The Morgan fingerprint density at radius 2 is 1.69 bits per heavy atom. The second-order valence-electron chi connectivity index (χ2n) is 11.4. The zero-order valence-electron chi connectivity index (χ0n) is 25.3. The van der Waals surface area contributed by atoms with Gasteiger partial charge in [0.15, 0.2) is 5.13 Å². The van der Waals surface area contributed by atoms with Crippen molar-refractivity contribution in [2.24, 2.45) is 0 Å². The van der Waals surface area contributed by atoms with Crippen molar-refractivity contribution in [1.29, 1.82) is 0 Å². The van der Waals surface area contributed by atoms with Crippen LogP contribution in [0.5, 0.6) is 5.75 Å². The highest BCUT2D eigenvalue weighted by Gasteiger charge is 2.41. The topological polar surface area (TPSA) is 95.1 Å². The fourth-order valence-corrected chi connectivity index (χ4v) is 8.36. The van der Waals surface area contributed by atoms with Crippen LogP contribution in [0.3, 0.4) is 0 Å². The zero-order chi connectivity index (χ0) is 32.2. The van der Waals surface area contributed by atoms with Gasteiger partial charge in [-0.25, -0.2) is 13.4 Å². The molecule has 3 heterocycles. The summed E-state index contributed by atoms with van der Waals surface area (Å²) in [5.41, 5.74) is 3.00. The second-order valence-corrected chi connectivity index (χ2v) is 14.3. The van der Waals surface area contributed by atoms with E-state index in [0.29, 0.717) is 6.54 Å². The lowest BCUT2D eigenvalue weighted by Crippen LogP contribution is -2.60. The van der Waals surface area contributed by atoms with Crippen LogP contribution in [0.2, 0.25) is 0 Å². The highest BCUT2D eigenvalue weighted by Crippen LogP contribution is 2.32. The number of nitrogens with one attached hydrogen (secondary N) is 1. The molecule has 2 aliphatic rings. The van der Waals surface area contributed by atoms with Gasteiger partial charge in [-0.1, -0.05) is 37.6 Å². The van der Waals surface area contributed by atoms with Gasteiger partial charge in [0.05, 0.1) is 10.6 Å². The Kier molecular flexibility index (Phi) is 10.4. The van der Waals surface area contributed by atoms with Crippen molar-refractivity contribution in [2.45, 2.75) is 69.9 Å². The van der Waals surface area contributed by atoms with Gasteiger partial charge in [0.25, 0.3) is 0 Å². The molecule has 0 aliphatic carbocycles. The number of rotatable bonds is 11. The van der Waals surface area contributed by atoms with E-state index >= 15 is 0 Å². The number of thiazole rings is 1. The smallest absolute Gasteiger partial charge is 0.406 e. The number of piperazine rings is 1. The number of halogens is 3. The van der Waals surface area contributed by atoms with E-state index in [-0.39, 0.29) is 24.5 Å². The molecule has 0 bridgehead atoms. The highest BCUT2D eigenvalue weighted by molar-refractivity contribution is 7.89. The first-order valence-electron chi connectivity index (χ1n) is 15.1. The number of aryl methyl sites for hydroxylation is 2.